The van der Waals surface area contributed by atoms with Gasteiger partial charge in [0.15, 0.2) is 0 Å². The summed E-state index contributed by atoms with van der Waals surface area (Å²) < 4.78 is 11.4. The Morgan fingerprint density at radius 3 is 2.65 bits per heavy atom. The molecule has 1 fully saturated rings. The van der Waals surface area contributed by atoms with Crippen molar-refractivity contribution in [3.8, 4) is 5.75 Å². The molecule has 7 heteroatoms. The number of carbonyl (C=O) groups excluding carboxylic acids is 2. The minimum absolute atomic E-state index is 0.146. The van der Waals surface area contributed by atoms with Crippen molar-refractivity contribution in [3.05, 3.63) is 70.1 Å². The van der Waals surface area contributed by atoms with E-state index in [2.05, 4.69) is 12.1 Å². The number of rotatable bonds is 9. The average Bonchev–Trinajstić information content (AvgIpc) is 3.02. The molecule has 162 valence electrons. The number of ether oxygens (including phenoxy) is 2. The Morgan fingerprint density at radius 1 is 1.16 bits per heavy atom. The monoisotopic (exact) mass is 455 g/mol. The number of amides is 1. The normalized spacial score (nSPS) is 14.9. The van der Waals surface area contributed by atoms with Crippen LogP contribution in [0.2, 0.25) is 0 Å². The molecule has 1 amide bonds. The molecule has 0 saturated carbocycles. The highest BCUT2D eigenvalue weighted by atomic mass is 32.2. The first kappa shape index (κ1) is 23.0. The predicted octanol–water partition coefficient (Wildman–Crippen LogP) is 5.12. The lowest BCUT2D eigenvalue weighted by molar-refractivity contribution is -0.143. The van der Waals surface area contributed by atoms with Gasteiger partial charge in [0.25, 0.3) is 5.91 Å². The maximum atomic E-state index is 12.8. The van der Waals surface area contributed by atoms with E-state index in [-0.39, 0.29) is 18.3 Å². The van der Waals surface area contributed by atoms with E-state index in [0.29, 0.717) is 41.2 Å². The van der Waals surface area contributed by atoms with Crippen molar-refractivity contribution in [3.63, 3.8) is 0 Å². The summed E-state index contributed by atoms with van der Waals surface area (Å²) in [4.78, 5) is 26.4. The molecule has 0 bridgehead atoms. The van der Waals surface area contributed by atoms with E-state index < -0.39 is 0 Å². The van der Waals surface area contributed by atoms with Crippen LogP contribution in [0.15, 0.2) is 53.4 Å². The Morgan fingerprint density at radius 2 is 1.90 bits per heavy atom. The van der Waals surface area contributed by atoms with Gasteiger partial charge in [-0.05, 0) is 38.0 Å². The van der Waals surface area contributed by atoms with Gasteiger partial charge in [0.2, 0.25) is 0 Å². The predicted molar refractivity (Wildman–Crippen MR) is 128 cm³/mol. The summed E-state index contributed by atoms with van der Waals surface area (Å²) in [6, 6.07) is 15.8. The minimum Gasteiger partial charge on any atom is -0.488 e. The van der Waals surface area contributed by atoms with Crippen LogP contribution in [0, 0.1) is 6.92 Å². The van der Waals surface area contributed by atoms with Crippen LogP contribution in [-0.2, 0) is 20.9 Å². The Bertz CT molecular complexity index is 985. The first-order valence-corrected chi connectivity index (χ1v) is 11.4. The van der Waals surface area contributed by atoms with Crippen LogP contribution < -0.4 is 4.74 Å². The van der Waals surface area contributed by atoms with Gasteiger partial charge in [0.05, 0.1) is 11.5 Å². The van der Waals surface area contributed by atoms with E-state index in [1.54, 1.807) is 11.8 Å². The zero-order valence-electron chi connectivity index (χ0n) is 17.6. The van der Waals surface area contributed by atoms with Gasteiger partial charge >= 0.3 is 5.97 Å². The molecular weight excluding hydrogens is 430 g/mol. The van der Waals surface area contributed by atoms with Crippen LogP contribution in [0.1, 0.15) is 36.5 Å². The topological polar surface area (TPSA) is 55.8 Å². The van der Waals surface area contributed by atoms with Gasteiger partial charge in [0.1, 0.15) is 16.7 Å². The molecule has 3 rings (SSSR count). The number of esters is 1. The first-order valence-electron chi connectivity index (χ1n) is 10.2. The molecule has 5 nitrogen and oxygen atoms in total. The second-order valence-electron chi connectivity index (χ2n) is 7.05. The number of benzene rings is 2. The van der Waals surface area contributed by atoms with Crippen molar-refractivity contribution >= 4 is 46.3 Å². The highest BCUT2D eigenvalue weighted by Gasteiger charge is 2.31. The lowest BCUT2D eigenvalue weighted by Gasteiger charge is -2.13. The van der Waals surface area contributed by atoms with E-state index in [1.807, 2.05) is 49.4 Å². The fourth-order valence-corrected chi connectivity index (χ4v) is 4.32. The number of hydrogen-bond donors (Lipinski definition) is 0. The number of nitrogens with zero attached hydrogens (tertiary/aromatic N) is 1. The molecule has 0 unspecified atom stereocenters. The zero-order valence-corrected chi connectivity index (χ0v) is 19.3. The number of carbonyl (C=O) groups is 2. The van der Waals surface area contributed by atoms with Crippen molar-refractivity contribution in [1.29, 1.82) is 0 Å². The highest BCUT2D eigenvalue weighted by molar-refractivity contribution is 8.26. The fraction of sp³-hybridized carbons (Fsp3) is 0.292. The molecule has 2 aromatic rings. The van der Waals surface area contributed by atoms with E-state index >= 15 is 0 Å². The zero-order chi connectivity index (χ0) is 22.2. The van der Waals surface area contributed by atoms with Crippen molar-refractivity contribution < 1.29 is 19.1 Å². The number of aryl methyl sites for hydroxylation is 1. The van der Waals surface area contributed by atoms with Crippen molar-refractivity contribution in [2.24, 2.45) is 0 Å². The van der Waals surface area contributed by atoms with Gasteiger partial charge < -0.3 is 9.47 Å². The fourth-order valence-electron chi connectivity index (χ4n) is 3.03. The lowest BCUT2D eigenvalue weighted by Crippen LogP contribution is -2.29. The maximum absolute atomic E-state index is 12.8. The molecule has 1 saturated heterocycles. The highest BCUT2D eigenvalue weighted by Crippen LogP contribution is 2.34. The molecule has 1 heterocycles. The van der Waals surface area contributed by atoms with Gasteiger partial charge in [-0.15, -0.1) is 0 Å². The molecule has 2 aromatic carbocycles. The molecule has 0 radical (unpaired) electrons. The second kappa shape index (κ2) is 11.1. The summed E-state index contributed by atoms with van der Waals surface area (Å²) in [7, 11) is 0. The van der Waals surface area contributed by atoms with Crippen LogP contribution in [0.25, 0.3) is 6.08 Å². The molecule has 0 aromatic heterocycles. The summed E-state index contributed by atoms with van der Waals surface area (Å²) in [5, 5.41) is 0. The number of para-hydroxylation sites is 1. The van der Waals surface area contributed by atoms with E-state index in [9.17, 15) is 9.59 Å². The minimum atomic E-state index is -0.261. The van der Waals surface area contributed by atoms with Gasteiger partial charge in [-0.3, -0.25) is 14.5 Å². The molecule has 0 atom stereocenters. The molecule has 31 heavy (non-hydrogen) atoms. The Hall–Kier alpha value is -2.64. The molecule has 0 spiro atoms. The lowest BCUT2D eigenvalue weighted by atomic mass is 10.1. The van der Waals surface area contributed by atoms with Gasteiger partial charge in [-0.1, -0.05) is 72.0 Å². The maximum Gasteiger partial charge on any atom is 0.305 e. The third-order valence-electron chi connectivity index (χ3n) is 4.66. The summed E-state index contributed by atoms with van der Waals surface area (Å²) in [5.74, 6) is 0.297. The number of hydrogen-bond acceptors (Lipinski definition) is 6. The van der Waals surface area contributed by atoms with Crippen LogP contribution in [0.5, 0.6) is 5.75 Å². The van der Waals surface area contributed by atoms with E-state index in [0.717, 1.165) is 11.1 Å². The van der Waals surface area contributed by atoms with Crippen LogP contribution in [0.4, 0.5) is 0 Å². The molecule has 1 aliphatic heterocycles. The van der Waals surface area contributed by atoms with Gasteiger partial charge in [-0.25, -0.2) is 0 Å². The summed E-state index contributed by atoms with van der Waals surface area (Å²) in [5.41, 5.74) is 3.10. The first-order chi connectivity index (χ1) is 15.0. The Kier molecular flexibility index (Phi) is 8.26. The molecule has 1 aliphatic rings. The van der Waals surface area contributed by atoms with E-state index in [1.165, 1.54) is 17.3 Å². The number of thioether (sulfide) groups is 1. The van der Waals surface area contributed by atoms with E-state index in [4.69, 9.17) is 21.7 Å². The SMILES string of the molecule is CCOC(=O)CCCN1C(=O)/C(=C\c2ccccc2OCc2ccc(C)cc2)SC1=S. The third kappa shape index (κ3) is 6.42. The Balaban J connectivity index is 1.66. The standard InChI is InChI=1S/C24H25NO4S2/c1-3-28-22(26)9-6-14-25-23(27)21(31-24(25)30)15-19-7-4-5-8-20(19)29-16-18-12-10-17(2)11-13-18/h4-5,7-8,10-13,15H,3,6,9,14,16H2,1-2H3/b21-15+. The smallest absolute Gasteiger partial charge is 0.305 e. The van der Waals surface area contributed by atoms with Crippen LogP contribution in [-0.4, -0.2) is 34.2 Å². The van der Waals surface area contributed by atoms with Crippen molar-refractivity contribution in [2.45, 2.75) is 33.3 Å². The van der Waals surface area contributed by atoms with Crippen molar-refractivity contribution in [2.75, 3.05) is 13.2 Å². The number of thiocarbonyl (C=S) groups is 1. The molecule has 0 aliphatic carbocycles. The largest absolute Gasteiger partial charge is 0.488 e. The van der Waals surface area contributed by atoms with Crippen LogP contribution >= 0.6 is 24.0 Å². The summed E-state index contributed by atoms with van der Waals surface area (Å²) in [6.07, 6.45) is 2.59. The summed E-state index contributed by atoms with van der Waals surface area (Å²) >= 11 is 6.65. The van der Waals surface area contributed by atoms with Gasteiger partial charge in [0, 0.05) is 18.5 Å². The third-order valence-corrected chi connectivity index (χ3v) is 6.04. The molecular formula is C24H25NO4S2. The molecule has 0 N–H and O–H groups in total. The quantitative estimate of drug-likeness (QED) is 0.297. The second-order valence-corrected chi connectivity index (χ2v) is 8.73. The van der Waals surface area contributed by atoms with Gasteiger partial charge in [-0.2, -0.15) is 0 Å². The Labute approximate surface area is 192 Å². The van der Waals surface area contributed by atoms with Crippen LogP contribution in [0.3, 0.4) is 0 Å². The summed E-state index contributed by atoms with van der Waals surface area (Å²) in [6.45, 7) is 5.01. The average molecular weight is 456 g/mol. The van der Waals surface area contributed by atoms with Crippen molar-refractivity contribution in [1.82, 2.24) is 4.90 Å².